The molecule has 4 aliphatic carbocycles. The lowest BCUT2D eigenvalue weighted by atomic mass is 9.80. The molecule has 1 nitrogen and oxygen atoms in total. The smallest absolute Gasteiger partial charge is 0.0540 e. The first-order chi connectivity index (χ1) is 28.0. The molecule has 0 aromatic heterocycles. The van der Waals surface area contributed by atoms with E-state index in [9.17, 15) is 0 Å². The number of fused-ring (bicyclic) bond motifs is 6. The second kappa shape index (κ2) is 13.9. The Kier molecular flexibility index (Phi) is 8.50. The quantitative estimate of drug-likeness (QED) is 0.157. The Bertz CT molecular complexity index is 2590. The summed E-state index contributed by atoms with van der Waals surface area (Å²) in [6.07, 6.45) is 12.3. The van der Waals surface area contributed by atoms with Crippen molar-refractivity contribution in [1.82, 2.24) is 0 Å². The summed E-state index contributed by atoms with van der Waals surface area (Å²) in [6.45, 7) is 4.88. The number of hydrogen-bond acceptors (Lipinski definition) is 1. The lowest BCUT2D eigenvalue weighted by Gasteiger charge is -2.32. The predicted molar refractivity (Wildman–Crippen MR) is 241 cm³/mol. The summed E-state index contributed by atoms with van der Waals surface area (Å²) in [5.74, 6) is 3.10. The minimum absolute atomic E-state index is 0.195. The summed E-state index contributed by atoms with van der Waals surface area (Å²) in [5, 5.41) is 2.79. The second-order valence-electron chi connectivity index (χ2n) is 18.3. The highest BCUT2D eigenvalue weighted by Gasteiger charge is 2.41. The molecule has 2 bridgehead atoms. The van der Waals surface area contributed by atoms with Crippen molar-refractivity contribution in [3.8, 4) is 33.4 Å². The van der Waals surface area contributed by atoms with Gasteiger partial charge in [0.2, 0.25) is 0 Å². The molecule has 0 N–H and O–H groups in total. The molecule has 11 rings (SSSR count). The minimum Gasteiger partial charge on any atom is -0.310 e. The molecule has 3 unspecified atom stereocenters. The average Bonchev–Trinajstić information content (AvgIpc) is 3.97. The van der Waals surface area contributed by atoms with Crippen molar-refractivity contribution in [1.29, 1.82) is 0 Å². The molecule has 0 spiro atoms. The number of rotatable bonds is 7. The first kappa shape index (κ1) is 34.8. The number of benzene rings is 7. The highest BCUT2D eigenvalue weighted by atomic mass is 15.1. The average molecular weight is 740 g/mol. The maximum atomic E-state index is 2.60. The normalized spacial score (nSPS) is 20.8. The van der Waals surface area contributed by atoms with Crippen molar-refractivity contribution in [2.75, 3.05) is 4.90 Å². The van der Waals surface area contributed by atoms with Crippen LogP contribution in [0, 0.1) is 11.8 Å². The molecule has 3 fully saturated rings. The van der Waals surface area contributed by atoms with Crippen LogP contribution in [0.1, 0.15) is 106 Å². The van der Waals surface area contributed by atoms with E-state index >= 15 is 0 Å². The van der Waals surface area contributed by atoms with Crippen molar-refractivity contribution in [3.05, 3.63) is 174 Å². The van der Waals surface area contributed by atoms with Gasteiger partial charge in [0, 0.05) is 22.2 Å². The molecule has 0 saturated heterocycles. The number of hydrogen-bond donors (Lipinski definition) is 0. The zero-order valence-electron chi connectivity index (χ0n) is 33.6. The number of anilines is 3. The van der Waals surface area contributed by atoms with E-state index in [0.717, 1.165) is 11.8 Å². The molecular weight excluding hydrogens is 687 g/mol. The Morgan fingerprint density at radius 3 is 1.95 bits per heavy atom. The van der Waals surface area contributed by atoms with Gasteiger partial charge in [0.1, 0.15) is 0 Å². The third-order valence-corrected chi connectivity index (χ3v) is 14.7. The van der Waals surface area contributed by atoms with E-state index in [4.69, 9.17) is 0 Å². The van der Waals surface area contributed by atoms with Gasteiger partial charge in [-0.05, 0) is 153 Å². The molecule has 0 amide bonds. The van der Waals surface area contributed by atoms with Gasteiger partial charge in [-0.15, -0.1) is 0 Å². The van der Waals surface area contributed by atoms with Crippen LogP contribution < -0.4 is 4.90 Å². The van der Waals surface area contributed by atoms with E-state index in [2.05, 4.69) is 170 Å². The molecule has 1 heteroatoms. The van der Waals surface area contributed by atoms with Gasteiger partial charge in [-0.2, -0.15) is 0 Å². The maximum Gasteiger partial charge on any atom is 0.0540 e. The Hall–Kier alpha value is -5.40. The van der Waals surface area contributed by atoms with Crippen LogP contribution in [0.15, 0.2) is 152 Å². The lowest BCUT2D eigenvalue weighted by Crippen LogP contribution is -2.17. The molecule has 7 aromatic carbocycles. The van der Waals surface area contributed by atoms with Gasteiger partial charge in [0.05, 0.1) is 5.69 Å². The van der Waals surface area contributed by atoms with Crippen molar-refractivity contribution < 1.29 is 0 Å². The summed E-state index contributed by atoms with van der Waals surface area (Å²) in [6, 6.07) is 58.2. The van der Waals surface area contributed by atoms with Crippen LogP contribution in [0.2, 0.25) is 0 Å². The van der Waals surface area contributed by atoms with E-state index < -0.39 is 0 Å². The summed E-state index contributed by atoms with van der Waals surface area (Å²) >= 11 is 0. The molecular formula is C56H53N. The van der Waals surface area contributed by atoms with Gasteiger partial charge in [-0.1, -0.05) is 155 Å². The van der Waals surface area contributed by atoms with E-state index in [1.54, 1.807) is 5.56 Å². The molecule has 0 aliphatic heterocycles. The molecule has 3 saturated carbocycles. The maximum absolute atomic E-state index is 2.60. The van der Waals surface area contributed by atoms with Gasteiger partial charge in [0.25, 0.3) is 0 Å². The predicted octanol–water partition coefficient (Wildman–Crippen LogP) is 15.9. The molecule has 282 valence electrons. The van der Waals surface area contributed by atoms with Crippen LogP contribution >= 0.6 is 0 Å². The summed E-state index contributed by atoms with van der Waals surface area (Å²) in [7, 11) is 0. The van der Waals surface area contributed by atoms with Crippen molar-refractivity contribution >= 4 is 27.8 Å². The highest BCUT2D eigenvalue weighted by Crippen LogP contribution is 2.57. The molecule has 0 heterocycles. The SMILES string of the molecule is CC1(C)c2cc(-c3ccccc3)ccc2-c2c(-c3ccccc3)cc(N(c3ccc(C4CCCCC4)cc3)c3ccc(C4CC5CCC4C5)c4ccccc34)cc21. The highest BCUT2D eigenvalue weighted by molar-refractivity contribution is 6.03. The molecule has 3 atom stereocenters. The standard InChI is InChI=1S/C56H53N/c1-56(2)52-34-42(39-16-8-4-9-17-39)26-29-49(52)55-51(41-18-10-5-11-19-41)35-45(36-53(55)56)57(44-27-24-40(25-28-44)38-14-6-3-7-15-38)54-31-30-47(46-20-12-13-21-48(46)54)50-33-37-22-23-43(50)32-37/h4-5,8-13,16-21,24-31,34-38,43,50H,3,6-7,14-15,22-23,32-33H2,1-2H3. The van der Waals surface area contributed by atoms with Gasteiger partial charge in [-0.3, -0.25) is 0 Å². The fourth-order valence-electron chi connectivity index (χ4n) is 11.8. The van der Waals surface area contributed by atoms with Crippen LogP contribution in [0.3, 0.4) is 0 Å². The second-order valence-corrected chi connectivity index (χ2v) is 18.3. The van der Waals surface area contributed by atoms with Gasteiger partial charge in [-0.25, -0.2) is 0 Å². The van der Waals surface area contributed by atoms with Gasteiger partial charge >= 0.3 is 0 Å². The van der Waals surface area contributed by atoms with Crippen molar-refractivity contribution in [2.24, 2.45) is 11.8 Å². The van der Waals surface area contributed by atoms with Crippen LogP contribution in [-0.2, 0) is 5.41 Å². The van der Waals surface area contributed by atoms with E-state index in [0.29, 0.717) is 11.8 Å². The zero-order valence-corrected chi connectivity index (χ0v) is 33.6. The fraction of sp³-hybridized carbons (Fsp3) is 0.286. The monoisotopic (exact) mass is 739 g/mol. The molecule has 7 aromatic rings. The fourth-order valence-corrected chi connectivity index (χ4v) is 11.8. The summed E-state index contributed by atoms with van der Waals surface area (Å²) in [5.41, 5.74) is 17.2. The van der Waals surface area contributed by atoms with E-state index in [1.807, 2.05) is 0 Å². The zero-order chi connectivity index (χ0) is 38.1. The van der Waals surface area contributed by atoms with Gasteiger partial charge < -0.3 is 4.90 Å². The van der Waals surface area contributed by atoms with Gasteiger partial charge in [0.15, 0.2) is 0 Å². The minimum atomic E-state index is -0.195. The van der Waals surface area contributed by atoms with Crippen molar-refractivity contribution in [3.63, 3.8) is 0 Å². The molecule has 57 heavy (non-hydrogen) atoms. The first-order valence-electron chi connectivity index (χ1n) is 21.9. The van der Waals surface area contributed by atoms with Crippen LogP contribution in [-0.4, -0.2) is 0 Å². The number of nitrogens with zero attached hydrogens (tertiary/aromatic N) is 1. The lowest BCUT2D eigenvalue weighted by molar-refractivity contribution is 0.422. The Morgan fingerprint density at radius 1 is 0.509 bits per heavy atom. The van der Waals surface area contributed by atoms with E-state index in [1.165, 1.54) is 136 Å². The Balaban J connectivity index is 1.12. The largest absolute Gasteiger partial charge is 0.310 e. The first-order valence-corrected chi connectivity index (χ1v) is 21.9. The molecule has 0 radical (unpaired) electrons. The van der Waals surface area contributed by atoms with Crippen molar-refractivity contribution in [2.45, 2.75) is 88.9 Å². The molecule has 4 aliphatic rings. The third-order valence-electron chi connectivity index (χ3n) is 14.7. The van der Waals surface area contributed by atoms with Crippen LogP contribution in [0.4, 0.5) is 17.1 Å². The van der Waals surface area contributed by atoms with Crippen LogP contribution in [0.25, 0.3) is 44.2 Å². The van der Waals surface area contributed by atoms with Crippen LogP contribution in [0.5, 0.6) is 0 Å². The third kappa shape index (κ3) is 5.88. The summed E-state index contributed by atoms with van der Waals surface area (Å²) < 4.78 is 0. The Morgan fingerprint density at radius 2 is 1.23 bits per heavy atom. The van der Waals surface area contributed by atoms with E-state index in [-0.39, 0.29) is 5.41 Å². The Labute approximate surface area is 339 Å². The topological polar surface area (TPSA) is 3.24 Å². The summed E-state index contributed by atoms with van der Waals surface area (Å²) in [4.78, 5) is 2.60.